The molecule has 2 amide bonds. The summed E-state index contributed by atoms with van der Waals surface area (Å²) in [4.78, 5) is 43.9. The fraction of sp³-hybridized carbons (Fsp3) is 0.381. The van der Waals surface area contributed by atoms with E-state index in [9.17, 15) is 14.4 Å². The van der Waals surface area contributed by atoms with Crippen molar-refractivity contribution in [1.82, 2.24) is 35.1 Å². The molecule has 5 rings (SSSR count). The lowest BCUT2D eigenvalue weighted by Crippen LogP contribution is -2.48. The van der Waals surface area contributed by atoms with E-state index in [1.165, 1.54) is 11.6 Å². The Morgan fingerprint density at radius 1 is 1.24 bits per heavy atom. The van der Waals surface area contributed by atoms with Crippen molar-refractivity contribution in [2.24, 2.45) is 5.92 Å². The van der Waals surface area contributed by atoms with Gasteiger partial charge >= 0.3 is 0 Å². The number of rotatable bonds is 6. The summed E-state index contributed by atoms with van der Waals surface area (Å²) in [7, 11) is 5.31. The second kappa shape index (κ2) is 7.94. The van der Waals surface area contributed by atoms with Crippen molar-refractivity contribution in [1.29, 1.82) is 0 Å². The number of nitrogens with zero attached hydrogens (tertiary/aromatic N) is 6. The van der Waals surface area contributed by atoms with Crippen LogP contribution in [0, 0.1) is 12.8 Å². The third-order valence-corrected chi connectivity index (χ3v) is 6.19. The van der Waals surface area contributed by atoms with E-state index in [-0.39, 0.29) is 35.9 Å². The van der Waals surface area contributed by atoms with Crippen LogP contribution in [0.2, 0.25) is 0 Å². The summed E-state index contributed by atoms with van der Waals surface area (Å²) in [6.07, 6.45) is 3.06. The molecule has 3 aromatic rings. The number of amides is 2. The molecule has 2 N–H and O–H groups in total. The summed E-state index contributed by atoms with van der Waals surface area (Å²) >= 11 is 0. The van der Waals surface area contributed by atoms with Crippen LogP contribution < -0.4 is 10.5 Å². The predicted molar refractivity (Wildman–Crippen MR) is 119 cm³/mol. The van der Waals surface area contributed by atoms with Gasteiger partial charge in [-0.25, -0.2) is 4.98 Å². The first-order valence-corrected chi connectivity index (χ1v) is 10.6. The molecule has 1 saturated carbocycles. The normalized spacial score (nSPS) is 21.0. The number of hydrogen-bond donors (Lipinski definition) is 2. The largest absolute Gasteiger partial charge is 0.407 e. The van der Waals surface area contributed by atoms with Crippen LogP contribution in [-0.4, -0.2) is 67.5 Å². The van der Waals surface area contributed by atoms with Gasteiger partial charge in [0, 0.05) is 24.5 Å². The number of aryl methyl sites for hydroxylation is 1. The standard InChI is InChI=1S/C21H21BN8O3/c1-10-20-13(8-17(24-10)25-16-4-3-5-23-27-16)19(11(2)31)28-29(20)9-18(32)30-14-6-12(14)7-15(30)21(33)26-22/h3-5,8,12,14-15H,6-7,9H2,1-2H3,(H,26,33)(H,24,25,27). The molecular weight excluding hydrogens is 423 g/mol. The Morgan fingerprint density at radius 3 is 2.76 bits per heavy atom. The van der Waals surface area contributed by atoms with Crippen LogP contribution in [0.5, 0.6) is 0 Å². The van der Waals surface area contributed by atoms with E-state index in [0.29, 0.717) is 40.6 Å². The van der Waals surface area contributed by atoms with Gasteiger partial charge < -0.3 is 15.4 Å². The zero-order valence-electron chi connectivity index (χ0n) is 18.1. The lowest BCUT2D eigenvalue weighted by atomic mass is 10.1. The maximum absolute atomic E-state index is 13.2. The highest BCUT2D eigenvalue weighted by atomic mass is 16.2. The van der Waals surface area contributed by atoms with E-state index < -0.39 is 6.04 Å². The third-order valence-electron chi connectivity index (χ3n) is 6.19. The van der Waals surface area contributed by atoms with Gasteiger partial charge in [-0.05, 0) is 43.9 Å². The van der Waals surface area contributed by atoms with E-state index in [0.717, 1.165) is 6.42 Å². The van der Waals surface area contributed by atoms with Crippen LogP contribution >= 0.6 is 0 Å². The maximum Gasteiger partial charge on any atom is 0.245 e. The lowest BCUT2D eigenvalue weighted by molar-refractivity contribution is -0.139. The molecule has 2 aliphatic rings. The average molecular weight is 444 g/mol. The number of fused-ring (bicyclic) bond motifs is 2. The van der Waals surface area contributed by atoms with Gasteiger partial charge in [0.05, 0.1) is 11.2 Å². The number of Topliss-reactive ketones (excluding diaryl/α,β-unsaturated/α-hetero) is 1. The number of aromatic nitrogens is 5. The number of carbonyl (C=O) groups excluding carboxylic acids is 3. The Bertz CT molecular complexity index is 1280. The van der Waals surface area contributed by atoms with Crippen molar-refractivity contribution in [3.8, 4) is 0 Å². The SMILES string of the molecule is [B]NC(=O)C1CC2CC2N1C(=O)Cn1nc(C(C)=O)c2cc(Nc3cccnn3)nc(C)c21. The van der Waals surface area contributed by atoms with Crippen LogP contribution in [0.3, 0.4) is 0 Å². The number of pyridine rings is 1. The number of carbonyl (C=O) groups is 3. The summed E-state index contributed by atoms with van der Waals surface area (Å²) in [6, 6.07) is 4.67. The molecule has 1 aliphatic heterocycles. The maximum atomic E-state index is 13.2. The van der Waals surface area contributed by atoms with Crippen molar-refractivity contribution in [2.45, 2.75) is 45.3 Å². The van der Waals surface area contributed by atoms with Crippen molar-refractivity contribution in [2.75, 3.05) is 5.32 Å². The highest BCUT2D eigenvalue weighted by molar-refractivity contribution is 6.15. The minimum absolute atomic E-state index is 0.0518. The summed E-state index contributed by atoms with van der Waals surface area (Å²) in [5.74, 6) is 0.474. The molecule has 0 bridgehead atoms. The molecule has 4 heterocycles. The molecule has 166 valence electrons. The molecule has 11 nitrogen and oxygen atoms in total. The Kier molecular flexibility index (Phi) is 5.07. The van der Waals surface area contributed by atoms with Gasteiger partial charge in [0.2, 0.25) is 19.8 Å². The van der Waals surface area contributed by atoms with E-state index in [4.69, 9.17) is 7.98 Å². The summed E-state index contributed by atoms with van der Waals surface area (Å²) in [5, 5.41) is 18.1. The first-order chi connectivity index (χ1) is 15.9. The molecule has 33 heavy (non-hydrogen) atoms. The minimum atomic E-state index is -0.581. The van der Waals surface area contributed by atoms with Gasteiger partial charge in [-0.1, -0.05) is 0 Å². The summed E-state index contributed by atoms with van der Waals surface area (Å²) < 4.78 is 1.50. The monoisotopic (exact) mass is 444 g/mol. The number of nitrogens with one attached hydrogen (secondary N) is 2. The molecule has 3 unspecified atom stereocenters. The van der Waals surface area contributed by atoms with Gasteiger partial charge in [-0.3, -0.25) is 19.1 Å². The lowest BCUT2D eigenvalue weighted by Gasteiger charge is -2.26. The second-order valence-electron chi connectivity index (χ2n) is 8.41. The average Bonchev–Trinajstić information content (AvgIpc) is 3.29. The molecule has 1 aliphatic carbocycles. The van der Waals surface area contributed by atoms with E-state index in [1.807, 2.05) is 0 Å². The first kappa shape index (κ1) is 21.0. The fourth-order valence-corrected chi connectivity index (χ4v) is 4.69. The molecule has 0 aromatic carbocycles. The number of hydrogen-bond acceptors (Lipinski definition) is 8. The Balaban J connectivity index is 1.49. The molecule has 0 spiro atoms. The van der Waals surface area contributed by atoms with E-state index >= 15 is 0 Å². The van der Waals surface area contributed by atoms with Gasteiger partial charge in [0.15, 0.2) is 11.6 Å². The summed E-state index contributed by atoms with van der Waals surface area (Å²) in [5.41, 5.74) is 1.42. The van der Waals surface area contributed by atoms with Crippen LogP contribution in [0.4, 0.5) is 11.6 Å². The van der Waals surface area contributed by atoms with E-state index in [2.05, 4.69) is 30.8 Å². The minimum Gasteiger partial charge on any atom is -0.407 e. The highest BCUT2D eigenvalue weighted by Crippen LogP contribution is 2.48. The molecule has 2 radical (unpaired) electrons. The van der Waals surface area contributed by atoms with Crippen LogP contribution in [0.1, 0.15) is 35.9 Å². The van der Waals surface area contributed by atoms with Crippen LogP contribution in [-0.2, 0) is 16.1 Å². The topological polar surface area (TPSA) is 135 Å². The third kappa shape index (κ3) is 3.71. The van der Waals surface area contributed by atoms with Crippen LogP contribution in [0.25, 0.3) is 10.9 Å². The number of piperidine rings is 1. The number of anilines is 2. The fourth-order valence-electron chi connectivity index (χ4n) is 4.69. The van der Waals surface area contributed by atoms with Crippen molar-refractivity contribution >= 4 is 48.1 Å². The summed E-state index contributed by atoms with van der Waals surface area (Å²) in [6.45, 7) is 3.10. The van der Waals surface area contributed by atoms with Gasteiger partial charge in [-0.2, -0.15) is 10.2 Å². The Hall–Kier alpha value is -3.83. The quantitative estimate of drug-likeness (QED) is 0.418. The highest BCUT2D eigenvalue weighted by Gasteiger charge is 2.55. The smallest absolute Gasteiger partial charge is 0.245 e. The predicted octanol–water partition coefficient (Wildman–Crippen LogP) is 0.665. The molecule has 12 heteroatoms. The Labute approximate surface area is 190 Å². The zero-order valence-corrected chi connectivity index (χ0v) is 18.1. The van der Waals surface area contributed by atoms with Gasteiger partial charge in [-0.15, -0.1) is 5.10 Å². The molecule has 2 fully saturated rings. The van der Waals surface area contributed by atoms with Gasteiger partial charge in [0.1, 0.15) is 24.1 Å². The number of ketones is 1. The van der Waals surface area contributed by atoms with E-state index in [1.54, 1.807) is 36.2 Å². The second-order valence-corrected chi connectivity index (χ2v) is 8.41. The van der Waals surface area contributed by atoms with Crippen molar-refractivity contribution in [3.05, 3.63) is 35.8 Å². The molecule has 1 saturated heterocycles. The van der Waals surface area contributed by atoms with Crippen LogP contribution in [0.15, 0.2) is 24.4 Å². The molecule has 3 atom stereocenters. The number of likely N-dealkylation sites (tertiary alicyclic amines) is 1. The zero-order chi connectivity index (χ0) is 23.3. The molecular formula is C21H21BN8O3. The van der Waals surface area contributed by atoms with Gasteiger partial charge in [0.25, 0.3) is 0 Å². The van der Waals surface area contributed by atoms with Crippen molar-refractivity contribution in [3.63, 3.8) is 0 Å². The molecule has 3 aromatic heterocycles. The van der Waals surface area contributed by atoms with Crippen molar-refractivity contribution < 1.29 is 14.4 Å². The first-order valence-electron chi connectivity index (χ1n) is 10.6. The Morgan fingerprint density at radius 2 is 2.06 bits per heavy atom.